The largest absolute Gasteiger partial charge is 0.490 e. The van der Waals surface area contributed by atoms with Crippen LogP contribution in [0.25, 0.3) is 32.7 Å². The van der Waals surface area contributed by atoms with Crippen LogP contribution in [0, 0.1) is 5.92 Å². The lowest BCUT2D eigenvalue weighted by Crippen LogP contribution is -2.16. The second-order valence-electron chi connectivity index (χ2n) is 11.4. The van der Waals surface area contributed by atoms with Crippen LogP contribution in [0.4, 0.5) is 0 Å². The van der Waals surface area contributed by atoms with Gasteiger partial charge in [0.05, 0.1) is 6.10 Å². The summed E-state index contributed by atoms with van der Waals surface area (Å²) in [5.41, 5.74) is 6.74. The van der Waals surface area contributed by atoms with Crippen molar-refractivity contribution >= 4 is 48.2 Å². The molecule has 4 aromatic carbocycles. The first-order valence-electron chi connectivity index (χ1n) is 15.2. The van der Waals surface area contributed by atoms with Gasteiger partial charge in [0.25, 0.3) is 0 Å². The number of rotatable bonds is 13. The molecule has 3 heteroatoms. The van der Waals surface area contributed by atoms with E-state index in [2.05, 4.69) is 104 Å². The van der Waals surface area contributed by atoms with Crippen LogP contribution in [0.1, 0.15) is 84.6 Å². The van der Waals surface area contributed by atoms with Crippen LogP contribution in [-0.2, 0) is 6.42 Å². The van der Waals surface area contributed by atoms with E-state index in [9.17, 15) is 0 Å². The van der Waals surface area contributed by atoms with Crippen LogP contribution in [0.15, 0.2) is 60.7 Å². The third-order valence-electron chi connectivity index (χ3n) is 8.33. The second kappa shape index (κ2) is 13.4. The van der Waals surface area contributed by atoms with Crippen LogP contribution in [0.5, 0.6) is 5.75 Å². The molecular weight excluding hydrogens is 458 g/mol. The van der Waals surface area contributed by atoms with E-state index in [1.807, 2.05) is 0 Å². The highest BCUT2D eigenvalue weighted by Gasteiger charge is 2.21. The summed E-state index contributed by atoms with van der Waals surface area (Å²) in [6.45, 7) is 9.20. The van der Waals surface area contributed by atoms with Gasteiger partial charge in [-0.05, 0) is 63.9 Å². The van der Waals surface area contributed by atoms with Crippen LogP contribution in [0.2, 0.25) is 0 Å². The van der Waals surface area contributed by atoms with Crippen LogP contribution in [-0.4, -0.2) is 21.8 Å². The van der Waals surface area contributed by atoms with E-state index < -0.39 is 0 Å². The maximum atomic E-state index is 6.92. The lowest BCUT2D eigenvalue weighted by Gasteiger charge is -2.25. The summed E-state index contributed by atoms with van der Waals surface area (Å²) in [6.07, 6.45) is 11.0. The van der Waals surface area contributed by atoms with Gasteiger partial charge in [0.1, 0.15) is 21.4 Å². The molecule has 0 saturated carbocycles. The Balaban J connectivity index is 1.99. The SMILES string of the molecule is Bc1ccc2c(-c3c(CC(CC)CCCC)ccc4ccc(B)cc34)c(OC(CC)CCCC)ccc2c1. The Bertz CT molecular complexity index is 1360. The molecule has 198 valence electrons. The van der Waals surface area contributed by atoms with E-state index in [4.69, 9.17) is 4.74 Å². The zero-order valence-corrected chi connectivity index (χ0v) is 24.7. The van der Waals surface area contributed by atoms with Crippen molar-refractivity contribution in [3.63, 3.8) is 0 Å². The van der Waals surface area contributed by atoms with Gasteiger partial charge in [0.2, 0.25) is 0 Å². The maximum Gasteiger partial charge on any atom is 0.139 e. The second-order valence-corrected chi connectivity index (χ2v) is 11.4. The van der Waals surface area contributed by atoms with Crippen molar-refractivity contribution in [1.82, 2.24) is 0 Å². The molecule has 4 rings (SSSR count). The van der Waals surface area contributed by atoms with Gasteiger partial charge in [-0.15, -0.1) is 0 Å². The Hall–Kier alpha value is -2.67. The molecule has 0 spiro atoms. The van der Waals surface area contributed by atoms with Crippen molar-refractivity contribution in [2.45, 2.75) is 91.6 Å². The Morgan fingerprint density at radius 3 is 2.08 bits per heavy atom. The molecule has 4 aromatic rings. The van der Waals surface area contributed by atoms with E-state index >= 15 is 0 Å². The highest BCUT2D eigenvalue weighted by molar-refractivity contribution is 6.34. The number of hydrogen-bond donors (Lipinski definition) is 0. The predicted molar refractivity (Wildman–Crippen MR) is 174 cm³/mol. The number of ether oxygens (including phenoxy) is 1. The van der Waals surface area contributed by atoms with Gasteiger partial charge in [0.15, 0.2) is 0 Å². The molecule has 0 radical (unpaired) electrons. The molecule has 1 nitrogen and oxygen atoms in total. The lowest BCUT2D eigenvalue weighted by atomic mass is 9.82. The molecule has 0 bridgehead atoms. The first-order chi connectivity index (χ1) is 18.5. The van der Waals surface area contributed by atoms with Crippen molar-refractivity contribution in [3.8, 4) is 16.9 Å². The van der Waals surface area contributed by atoms with Crippen molar-refractivity contribution in [3.05, 3.63) is 66.2 Å². The third kappa shape index (κ3) is 6.48. The molecule has 2 atom stereocenters. The highest BCUT2D eigenvalue weighted by Crippen LogP contribution is 2.44. The van der Waals surface area contributed by atoms with Gasteiger partial charge in [-0.1, -0.05) is 132 Å². The monoisotopic (exact) mass is 504 g/mol. The third-order valence-corrected chi connectivity index (χ3v) is 8.33. The molecule has 0 amide bonds. The van der Waals surface area contributed by atoms with Gasteiger partial charge in [0, 0.05) is 5.56 Å². The smallest absolute Gasteiger partial charge is 0.139 e. The molecule has 0 saturated heterocycles. The Labute approximate surface area is 233 Å². The van der Waals surface area contributed by atoms with Crippen LogP contribution in [0.3, 0.4) is 0 Å². The summed E-state index contributed by atoms with van der Waals surface area (Å²) in [6, 6.07) is 23.1. The lowest BCUT2D eigenvalue weighted by molar-refractivity contribution is 0.184. The highest BCUT2D eigenvalue weighted by atomic mass is 16.5. The van der Waals surface area contributed by atoms with E-state index in [0.29, 0.717) is 5.92 Å². The number of fused-ring (bicyclic) bond motifs is 2. The minimum absolute atomic E-state index is 0.240. The summed E-state index contributed by atoms with van der Waals surface area (Å²) in [5, 5.41) is 5.26. The number of hydrogen-bond acceptors (Lipinski definition) is 1. The van der Waals surface area contributed by atoms with Gasteiger partial charge >= 0.3 is 0 Å². The number of unbranched alkanes of at least 4 members (excludes halogenated alkanes) is 2. The van der Waals surface area contributed by atoms with Gasteiger partial charge in [-0.25, -0.2) is 0 Å². The van der Waals surface area contributed by atoms with E-state index in [0.717, 1.165) is 25.0 Å². The van der Waals surface area contributed by atoms with Crippen LogP contribution < -0.4 is 15.7 Å². The first-order valence-corrected chi connectivity index (χ1v) is 15.2. The first kappa shape index (κ1) is 28.3. The average molecular weight is 504 g/mol. The Morgan fingerprint density at radius 1 is 0.658 bits per heavy atom. The quantitative estimate of drug-likeness (QED) is 0.174. The maximum absolute atomic E-state index is 6.92. The molecule has 0 aliphatic heterocycles. The van der Waals surface area contributed by atoms with Gasteiger partial charge in [-0.2, -0.15) is 0 Å². The van der Waals surface area contributed by atoms with Crippen molar-refractivity contribution in [1.29, 1.82) is 0 Å². The molecule has 0 heterocycles. The normalized spacial score (nSPS) is 13.2. The molecule has 2 unspecified atom stereocenters. The zero-order chi connectivity index (χ0) is 27.1. The summed E-state index contributed by atoms with van der Waals surface area (Å²) < 4.78 is 6.92. The summed E-state index contributed by atoms with van der Waals surface area (Å²) in [7, 11) is 4.40. The van der Waals surface area contributed by atoms with E-state index in [-0.39, 0.29) is 6.10 Å². The fourth-order valence-electron chi connectivity index (χ4n) is 5.94. The molecule has 38 heavy (non-hydrogen) atoms. The molecular formula is C35H46B2O. The molecule has 0 aliphatic rings. The van der Waals surface area contributed by atoms with E-state index in [1.165, 1.54) is 87.7 Å². The number of benzene rings is 4. The van der Waals surface area contributed by atoms with Crippen LogP contribution >= 0.6 is 0 Å². The fourth-order valence-corrected chi connectivity index (χ4v) is 5.94. The van der Waals surface area contributed by atoms with Gasteiger partial charge < -0.3 is 4.74 Å². The fraction of sp³-hybridized carbons (Fsp3) is 0.429. The Morgan fingerprint density at radius 2 is 1.34 bits per heavy atom. The minimum Gasteiger partial charge on any atom is -0.490 e. The van der Waals surface area contributed by atoms with Crippen molar-refractivity contribution in [2.24, 2.45) is 5.92 Å². The summed E-state index contributed by atoms with van der Waals surface area (Å²) in [4.78, 5) is 0. The molecule has 0 aromatic heterocycles. The molecule has 0 fully saturated rings. The van der Waals surface area contributed by atoms with Gasteiger partial charge in [-0.3, -0.25) is 0 Å². The molecule has 0 N–H and O–H groups in total. The minimum atomic E-state index is 0.240. The van der Waals surface area contributed by atoms with Crippen molar-refractivity contribution in [2.75, 3.05) is 0 Å². The predicted octanol–water partition coefficient (Wildman–Crippen LogP) is 7.28. The average Bonchev–Trinajstić information content (AvgIpc) is 2.93. The summed E-state index contributed by atoms with van der Waals surface area (Å²) in [5.74, 6) is 1.74. The standard InChI is InChI=1S/C35H46B2O/c1-5-9-11-24(7-3)21-27-14-13-25-15-17-29(37)23-32(25)34(27)35-31-19-18-28(36)22-26(31)16-20-33(35)38-30(8-4)12-10-6-2/h13-20,22-24,30H,5-12,21,36-37H2,1-4H3. The zero-order valence-electron chi connectivity index (χ0n) is 24.7. The summed E-state index contributed by atoms with van der Waals surface area (Å²) >= 11 is 0. The molecule has 0 aliphatic carbocycles. The van der Waals surface area contributed by atoms with E-state index in [1.54, 1.807) is 0 Å². The van der Waals surface area contributed by atoms with Crippen molar-refractivity contribution < 1.29 is 4.74 Å². The Kier molecular flexibility index (Phi) is 10.0. The topological polar surface area (TPSA) is 9.23 Å².